The standard InChI is InChI=1S/C24H33NO5/c1-5-28-13-14-29-21-8-6-7-20(16-21)24(26)25-17-19-9-10-22(23(15-19)27-4)30-12-11-18(2)3/h6-10,15-16,18H,5,11-14,17H2,1-4H3,(H,25,26). The van der Waals surface area contributed by atoms with Crippen molar-refractivity contribution in [2.45, 2.75) is 33.7 Å². The van der Waals surface area contributed by atoms with Gasteiger partial charge in [-0.15, -0.1) is 0 Å². The number of nitrogens with one attached hydrogen (secondary N) is 1. The van der Waals surface area contributed by atoms with Crippen molar-refractivity contribution in [2.75, 3.05) is 33.5 Å². The Morgan fingerprint density at radius 2 is 1.83 bits per heavy atom. The lowest BCUT2D eigenvalue weighted by atomic mass is 10.1. The van der Waals surface area contributed by atoms with Gasteiger partial charge in [-0.25, -0.2) is 0 Å². The lowest BCUT2D eigenvalue weighted by Gasteiger charge is -2.13. The van der Waals surface area contributed by atoms with Crippen molar-refractivity contribution in [2.24, 2.45) is 5.92 Å². The number of carbonyl (C=O) groups excluding carboxylic acids is 1. The lowest BCUT2D eigenvalue weighted by molar-refractivity contribution is 0.0949. The molecule has 2 rings (SSSR count). The van der Waals surface area contributed by atoms with Crippen molar-refractivity contribution in [1.82, 2.24) is 5.32 Å². The van der Waals surface area contributed by atoms with Crippen LogP contribution in [0.3, 0.4) is 0 Å². The van der Waals surface area contributed by atoms with Crippen molar-refractivity contribution in [1.29, 1.82) is 0 Å². The number of ether oxygens (including phenoxy) is 4. The van der Waals surface area contributed by atoms with Crippen LogP contribution < -0.4 is 19.5 Å². The van der Waals surface area contributed by atoms with Crippen LogP contribution in [-0.2, 0) is 11.3 Å². The van der Waals surface area contributed by atoms with E-state index in [0.29, 0.717) is 61.7 Å². The van der Waals surface area contributed by atoms with Crippen LogP contribution in [0.15, 0.2) is 42.5 Å². The quantitative estimate of drug-likeness (QED) is 0.489. The van der Waals surface area contributed by atoms with Gasteiger partial charge in [0.1, 0.15) is 12.4 Å². The first-order chi connectivity index (χ1) is 14.5. The molecule has 0 saturated heterocycles. The van der Waals surface area contributed by atoms with Gasteiger partial charge in [0.2, 0.25) is 0 Å². The Labute approximate surface area is 179 Å². The largest absolute Gasteiger partial charge is 0.493 e. The first kappa shape index (κ1) is 23.5. The maximum atomic E-state index is 12.5. The van der Waals surface area contributed by atoms with Crippen LogP contribution in [-0.4, -0.2) is 39.4 Å². The Morgan fingerprint density at radius 1 is 1.00 bits per heavy atom. The third-order valence-electron chi connectivity index (χ3n) is 4.43. The molecule has 0 unspecified atom stereocenters. The molecule has 1 amide bonds. The van der Waals surface area contributed by atoms with E-state index in [9.17, 15) is 4.79 Å². The number of rotatable bonds is 13. The highest BCUT2D eigenvalue weighted by Gasteiger charge is 2.10. The van der Waals surface area contributed by atoms with Gasteiger partial charge >= 0.3 is 0 Å². The average molecular weight is 416 g/mol. The highest BCUT2D eigenvalue weighted by molar-refractivity contribution is 5.94. The summed E-state index contributed by atoms with van der Waals surface area (Å²) >= 11 is 0. The monoisotopic (exact) mass is 415 g/mol. The zero-order valence-corrected chi connectivity index (χ0v) is 18.4. The molecule has 1 N–H and O–H groups in total. The highest BCUT2D eigenvalue weighted by atomic mass is 16.5. The van der Waals surface area contributed by atoms with Gasteiger partial charge < -0.3 is 24.3 Å². The summed E-state index contributed by atoms with van der Waals surface area (Å²) in [5.41, 5.74) is 1.48. The zero-order valence-electron chi connectivity index (χ0n) is 18.4. The summed E-state index contributed by atoms with van der Waals surface area (Å²) in [7, 11) is 1.62. The Bertz CT molecular complexity index is 791. The molecule has 6 heteroatoms. The molecule has 30 heavy (non-hydrogen) atoms. The second-order valence-electron chi connectivity index (χ2n) is 7.27. The molecule has 0 aliphatic rings. The van der Waals surface area contributed by atoms with Gasteiger partial charge in [-0.2, -0.15) is 0 Å². The van der Waals surface area contributed by atoms with E-state index in [0.717, 1.165) is 12.0 Å². The van der Waals surface area contributed by atoms with Crippen molar-refractivity contribution in [3.8, 4) is 17.2 Å². The molecule has 6 nitrogen and oxygen atoms in total. The van der Waals surface area contributed by atoms with Crippen molar-refractivity contribution >= 4 is 5.91 Å². The fraction of sp³-hybridized carbons (Fsp3) is 0.458. The third kappa shape index (κ3) is 7.95. The van der Waals surface area contributed by atoms with Crippen LogP contribution in [0.25, 0.3) is 0 Å². The molecular formula is C24H33NO5. The molecule has 0 aliphatic heterocycles. The fourth-order valence-electron chi connectivity index (χ4n) is 2.72. The molecule has 0 aromatic heterocycles. The molecule has 0 saturated carbocycles. The first-order valence-corrected chi connectivity index (χ1v) is 10.4. The Kier molecular flexibility index (Phi) is 10.0. The molecule has 0 bridgehead atoms. The van der Waals surface area contributed by atoms with E-state index in [1.54, 1.807) is 25.3 Å². The zero-order chi connectivity index (χ0) is 21.8. The minimum Gasteiger partial charge on any atom is -0.493 e. The summed E-state index contributed by atoms with van der Waals surface area (Å²) in [4.78, 5) is 12.5. The number of benzene rings is 2. The van der Waals surface area contributed by atoms with Crippen LogP contribution in [0.1, 0.15) is 43.1 Å². The normalized spacial score (nSPS) is 10.7. The molecule has 0 aliphatic carbocycles. The Hall–Kier alpha value is -2.73. The maximum absolute atomic E-state index is 12.5. The second-order valence-corrected chi connectivity index (χ2v) is 7.27. The number of hydrogen-bond donors (Lipinski definition) is 1. The number of methoxy groups -OCH3 is 1. The predicted molar refractivity (Wildman–Crippen MR) is 118 cm³/mol. The Balaban J connectivity index is 1.90. The molecule has 0 spiro atoms. The van der Waals surface area contributed by atoms with Crippen LogP contribution in [0.5, 0.6) is 17.2 Å². The number of amides is 1. The summed E-state index contributed by atoms with van der Waals surface area (Å²) in [5, 5.41) is 2.93. The van der Waals surface area contributed by atoms with E-state index in [4.69, 9.17) is 18.9 Å². The Morgan fingerprint density at radius 3 is 2.57 bits per heavy atom. The first-order valence-electron chi connectivity index (χ1n) is 10.4. The second kappa shape index (κ2) is 12.8. The average Bonchev–Trinajstić information content (AvgIpc) is 2.75. The lowest BCUT2D eigenvalue weighted by Crippen LogP contribution is -2.22. The molecule has 0 heterocycles. The van der Waals surface area contributed by atoms with E-state index in [1.807, 2.05) is 31.2 Å². The van der Waals surface area contributed by atoms with Gasteiger partial charge in [0.15, 0.2) is 11.5 Å². The van der Waals surface area contributed by atoms with E-state index in [-0.39, 0.29) is 5.91 Å². The van der Waals surface area contributed by atoms with E-state index in [2.05, 4.69) is 19.2 Å². The van der Waals surface area contributed by atoms with Crippen molar-refractivity contribution in [3.05, 3.63) is 53.6 Å². The minimum atomic E-state index is -0.165. The van der Waals surface area contributed by atoms with Gasteiger partial charge in [-0.05, 0) is 55.2 Å². The van der Waals surface area contributed by atoms with Gasteiger partial charge in [0.05, 0.1) is 20.3 Å². The number of hydrogen-bond acceptors (Lipinski definition) is 5. The maximum Gasteiger partial charge on any atom is 0.251 e. The minimum absolute atomic E-state index is 0.165. The van der Waals surface area contributed by atoms with Crippen molar-refractivity contribution in [3.63, 3.8) is 0 Å². The molecule has 0 fully saturated rings. The fourth-order valence-corrected chi connectivity index (χ4v) is 2.72. The highest BCUT2D eigenvalue weighted by Crippen LogP contribution is 2.28. The topological polar surface area (TPSA) is 66.0 Å². The van der Waals surface area contributed by atoms with E-state index < -0.39 is 0 Å². The number of carbonyl (C=O) groups is 1. The SMILES string of the molecule is CCOCCOc1cccc(C(=O)NCc2ccc(OCCC(C)C)c(OC)c2)c1. The molecule has 0 radical (unpaired) electrons. The molecule has 164 valence electrons. The van der Waals surface area contributed by atoms with E-state index >= 15 is 0 Å². The van der Waals surface area contributed by atoms with Crippen LogP contribution in [0.4, 0.5) is 0 Å². The summed E-state index contributed by atoms with van der Waals surface area (Å²) in [5.74, 6) is 2.44. The smallest absolute Gasteiger partial charge is 0.251 e. The van der Waals surface area contributed by atoms with Gasteiger partial charge in [0.25, 0.3) is 5.91 Å². The van der Waals surface area contributed by atoms with Gasteiger partial charge in [-0.3, -0.25) is 4.79 Å². The van der Waals surface area contributed by atoms with Crippen LogP contribution >= 0.6 is 0 Å². The van der Waals surface area contributed by atoms with Crippen LogP contribution in [0.2, 0.25) is 0 Å². The summed E-state index contributed by atoms with van der Waals surface area (Å²) in [6, 6.07) is 12.8. The van der Waals surface area contributed by atoms with Crippen LogP contribution in [0, 0.1) is 5.92 Å². The third-order valence-corrected chi connectivity index (χ3v) is 4.43. The molecule has 2 aromatic rings. The van der Waals surface area contributed by atoms with Gasteiger partial charge in [0, 0.05) is 18.7 Å². The van der Waals surface area contributed by atoms with Crippen molar-refractivity contribution < 1.29 is 23.7 Å². The summed E-state index contributed by atoms with van der Waals surface area (Å²) < 4.78 is 22.1. The molecule has 0 atom stereocenters. The molecular weight excluding hydrogens is 382 g/mol. The van der Waals surface area contributed by atoms with E-state index in [1.165, 1.54) is 0 Å². The molecule has 2 aromatic carbocycles. The summed E-state index contributed by atoms with van der Waals surface area (Å²) in [6.45, 7) is 8.92. The predicted octanol–water partition coefficient (Wildman–Crippen LogP) is 4.47. The summed E-state index contributed by atoms with van der Waals surface area (Å²) in [6.07, 6.45) is 0.982. The van der Waals surface area contributed by atoms with Gasteiger partial charge in [-0.1, -0.05) is 26.0 Å².